The van der Waals surface area contributed by atoms with E-state index in [1.165, 1.54) is 87.1 Å². The van der Waals surface area contributed by atoms with Gasteiger partial charge in [0, 0.05) is 32.9 Å². The summed E-state index contributed by atoms with van der Waals surface area (Å²) < 4.78 is 2.43. The van der Waals surface area contributed by atoms with Crippen molar-refractivity contribution in [2.45, 2.75) is 0 Å². The molecular weight excluding hydrogens is 725 g/mol. The molecule has 1 heterocycles. The molecule has 0 fully saturated rings. The number of benzene rings is 11. The lowest BCUT2D eigenvalue weighted by Crippen LogP contribution is -2.11. The van der Waals surface area contributed by atoms with E-state index in [4.69, 9.17) is 0 Å². The van der Waals surface area contributed by atoms with E-state index in [1.54, 1.807) is 0 Å². The molecule has 60 heavy (non-hydrogen) atoms. The van der Waals surface area contributed by atoms with Crippen LogP contribution < -0.4 is 4.90 Å². The van der Waals surface area contributed by atoms with E-state index in [-0.39, 0.29) is 0 Å². The predicted molar refractivity (Wildman–Crippen MR) is 256 cm³/mol. The van der Waals surface area contributed by atoms with E-state index < -0.39 is 0 Å². The molecule has 1 aromatic heterocycles. The highest BCUT2D eigenvalue weighted by molar-refractivity contribution is 6.25. The third-order valence-corrected chi connectivity index (χ3v) is 12.4. The Balaban J connectivity index is 1.04. The number of anilines is 3. The topological polar surface area (TPSA) is 8.17 Å². The Morgan fingerprint density at radius 3 is 1.37 bits per heavy atom. The van der Waals surface area contributed by atoms with Crippen molar-refractivity contribution in [3.63, 3.8) is 0 Å². The van der Waals surface area contributed by atoms with E-state index >= 15 is 0 Å². The number of rotatable bonds is 6. The molecule has 2 nitrogen and oxygen atoms in total. The maximum absolute atomic E-state index is 2.43. The number of hydrogen-bond acceptors (Lipinski definition) is 1. The Bertz CT molecular complexity index is 3510. The molecule has 0 spiro atoms. The summed E-state index contributed by atoms with van der Waals surface area (Å²) in [5.41, 5.74) is 11.6. The molecular formula is C58H38N2. The van der Waals surface area contributed by atoms with Gasteiger partial charge < -0.3 is 9.47 Å². The summed E-state index contributed by atoms with van der Waals surface area (Å²) in [4.78, 5) is 2.42. The Morgan fingerprint density at radius 2 is 0.717 bits per heavy atom. The lowest BCUT2D eigenvalue weighted by atomic mass is 9.92. The van der Waals surface area contributed by atoms with Gasteiger partial charge in [-0.05, 0) is 109 Å². The quantitative estimate of drug-likeness (QED) is 0.153. The van der Waals surface area contributed by atoms with Gasteiger partial charge in [-0.2, -0.15) is 0 Å². The second kappa shape index (κ2) is 13.9. The van der Waals surface area contributed by atoms with Crippen molar-refractivity contribution in [2.24, 2.45) is 0 Å². The van der Waals surface area contributed by atoms with Crippen molar-refractivity contribution in [3.05, 3.63) is 231 Å². The third kappa shape index (κ3) is 5.42. The van der Waals surface area contributed by atoms with Crippen LogP contribution in [0.3, 0.4) is 0 Å². The van der Waals surface area contributed by atoms with Crippen LogP contribution in [0, 0.1) is 0 Å². The van der Waals surface area contributed by atoms with Crippen molar-refractivity contribution < 1.29 is 0 Å². The number of nitrogens with zero attached hydrogens (tertiary/aromatic N) is 2. The van der Waals surface area contributed by atoms with Crippen LogP contribution in [0.25, 0.3) is 92.8 Å². The summed E-state index contributed by atoms with van der Waals surface area (Å²) in [5.74, 6) is 0. The lowest BCUT2D eigenvalue weighted by Gasteiger charge is -2.28. The average Bonchev–Trinajstić information content (AvgIpc) is 3.66. The molecule has 0 saturated carbocycles. The van der Waals surface area contributed by atoms with Gasteiger partial charge >= 0.3 is 0 Å². The molecule has 0 aliphatic carbocycles. The standard InChI is InChI=1S/C58H38N2/c1-2-15-39(16-3-1)41-17-14-18-44(37-41)59(57-35-36-58(53-24-9-8-23-52(53)57)60-55-27-12-10-25-50(55)51-26-11-13-28-56(51)60)43-32-29-40(30-33-43)42-31-34-49-47-21-5-4-19-45(47)46-20-6-7-22-48(46)54(49)38-42/h1-38H. The van der Waals surface area contributed by atoms with E-state index in [1.807, 2.05) is 0 Å². The molecule has 0 amide bonds. The molecule has 0 bridgehead atoms. The second-order valence-corrected chi connectivity index (χ2v) is 15.7. The SMILES string of the molecule is c1ccc(-c2cccc(N(c3ccc(-c4ccc5c6ccccc6c6ccccc6c5c4)cc3)c3ccc(-n4c5ccccc5c5ccccc54)c4ccccc34)c2)cc1. The minimum absolute atomic E-state index is 1.09. The van der Waals surface area contributed by atoms with E-state index in [9.17, 15) is 0 Å². The normalized spacial score (nSPS) is 11.7. The van der Waals surface area contributed by atoms with Crippen LogP contribution in [0.15, 0.2) is 231 Å². The zero-order valence-corrected chi connectivity index (χ0v) is 32.8. The third-order valence-electron chi connectivity index (χ3n) is 12.4. The fourth-order valence-corrected chi connectivity index (χ4v) is 9.61. The highest BCUT2D eigenvalue weighted by atomic mass is 15.1. The average molecular weight is 763 g/mol. The van der Waals surface area contributed by atoms with Gasteiger partial charge in [-0.25, -0.2) is 0 Å². The highest BCUT2D eigenvalue weighted by Crippen LogP contribution is 2.44. The second-order valence-electron chi connectivity index (χ2n) is 15.7. The van der Waals surface area contributed by atoms with Crippen LogP contribution in [-0.2, 0) is 0 Å². The van der Waals surface area contributed by atoms with Gasteiger partial charge in [0.05, 0.1) is 22.4 Å². The van der Waals surface area contributed by atoms with Gasteiger partial charge in [-0.1, -0.05) is 176 Å². The first-order valence-electron chi connectivity index (χ1n) is 20.7. The minimum atomic E-state index is 1.09. The van der Waals surface area contributed by atoms with Crippen LogP contribution in [0.2, 0.25) is 0 Å². The van der Waals surface area contributed by atoms with Crippen molar-refractivity contribution >= 4 is 82.0 Å². The van der Waals surface area contributed by atoms with Crippen LogP contribution in [0.1, 0.15) is 0 Å². The Hall–Kier alpha value is -7.94. The molecule has 0 aliphatic heterocycles. The summed E-state index contributed by atoms with van der Waals surface area (Å²) >= 11 is 0. The zero-order valence-electron chi connectivity index (χ0n) is 32.8. The zero-order chi connectivity index (χ0) is 39.6. The summed E-state index contributed by atoms with van der Waals surface area (Å²) in [6.07, 6.45) is 0. The maximum atomic E-state index is 2.43. The molecule has 0 atom stereocenters. The molecule has 12 aromatic rings. The van der Waals surface area contributed by atoms with E-state index in [2.05, 4.69) is 240 Å². The van der Waals surface area contributed by atoms with E-state index in [0.717, 1.165) is 22.7 Å². The molecule has 12 rings (SSSR count). The van der Waals surface area contributed by atoms with Crippen LogP contribution in [0.5, 0.6) is 0 Å². The maximum Gasteiger partial charge on any atom is 0.0542 e. The number of hydrogen-bond donors (Lipinski definition) is 0. The number of fused-ring (bicyclic) bond motifs is 10. The van der Waals surface area contributed by atoms with Crippen molar-refractivity contribution in [2.75, 3.05) is 4.90 Å². The number of para-hydroxylation sites is 2. The van der Waals surface area contributed by atoms with Gasteiger partial charge in [0.1, 0.15) is 0 Å². The van der Waals surface area contributed by atoms with Crippen molar-refractivity contribution in [1.82, 2.24) is 4.57 Å². The summed E-state index contributed by atoms with van der Waals surface area (Å²) in [6, 6.07) is 84.2. The summed E-state index contributed by atoms with van der Waals surface area (Å²) in [7, 11) is 0. The highest BCUT2D eigenvalue weighted by Gasteiger charge is 2.20. The first-order valence-corrected chi connectivity index (χ1v) is 20.7. The monoisotopic (exact) mass is 762 g/mol. The van der Waals surface area contributed by atoms with Crippen molar-refractivity contribution in [1.29, 1.82) is 0 Å². The largest absolute Gasteiger partial charge is 0.310 e. The van der Waals surface area contributed by atoms with E-state index in [0.29, 0.717) is 0 Å². The minimum Gasteiger partial charge on any atom is -0.310 e. The fourth-order valence-electron chi connectivity index (χ4n) is 9.61. The molecule has 0 aliphatic rings. The molecule has 0 N–H and O–H groups in total. The van der Waals surface area contributed by atoms with Gasteiger partial charge in [-0.15, -0.1) is 0 Å². The Labute approximate surface area is 348 Å². The molecule has 0 unspecified atom stereocenters. The smallest absolute Gasteiger partial charge is 0.0542 e. The Morgan fingerprint density at radius 1 is 0.250 bits per heavy atom. The predicted octanol–water partition coefficient (Wildman–Crippen LogP) is 16.2. The molecule has 0 radical (unpaired) electrons. The van der Waals surface area contributed by atoms with Gasteiger partial charge in [0.2, 0.25) is 0 Å². The molecule has 11 aromatic carbocycles. The Kier molecular flexibility index (Phi) is 7.89. The lowest BCUT2D eigenvalue weighted by molar-refractivity contribution is 1.19. The van der Waals surface area contributed by atoms with Gasteiger partial charge in [0.15, 0.2) is 0 Å². The summed E-state index contributed by atoms with van der Waals surface area (Å²) in [6.45, 7) is 0. The summed E-state index contributed by atoms with van der Waals surface area (Å²) in [5, 5.41) is 12.6. The number of aromatic nitrogens is 1. The van der Waals surface area contributed by atoms with Crippen molar-refractivity contribution in [3.8, 4) is 27.9 Å². The van der Waals surface area contributed by atoms with Crippen LogP contribution in [0.4, 0.5) is 17.1 Å². The fraction of sp³-hybridized carbons (Fsp3) is 0. The molecule has 0 saturated heterocycles. The molecule has 2 heteroatoms. The molecule has 280 valence electrons. The van der Waals surface area contributed by atoms with Crippen LogP contribution in [-0.4, -0.2) is 4.57 Å². The van der Waals surface area contributed by atoms with Gasteiger partial charge in [-0.3, -0.25) is 0 Å². The first kappa shape index (κ1) is 34.1. The van der Waals surface area contributed by atoms with Crippen LogP contribution >= 0.6 is 0 Å². The first-order chi connectivity index (χ1) is 29.8. The van der Waals surface area contributed by atoms with Gasteiger partial charge in [0.25, 0.3) is 0 Å².